The summed E-state index contributed by atoms with van der Waals surface area (Å²) < 4.78 is 1.81. The molecule has 2 rings (SSSR count). The van der Waals surface area contributed by atoms with Gasteiger partial charge in [-0.3, -0.25) is 4.68 Å². The van der Waals surface area contributed by atoms with Gasteiger partial charge in [-0.25, -0.2) is 4.79 Å². The molecular formula is C15H20N2O2S. The van der Waals surface area contributed by atoms with Crippen LogP contribution in [0.25, 0.3) is 10.6 Å². The molecule has 0 aliphatic carbocycles. The first-order chi connectivity index (χ1) is 9.60. The Morgan fingerprint density at radius 2 is 2.05 bits per heavy atom. The van der Waals surface area contributed by atoms with Gasteiger partial charge in [0.05, 0.1) is 10.9 Å². The van der Waals surface area contributed by atoms with Gasteiger partial charge in [0.15, 0.2) is 0 Å². The van der Waals surface area contributed by atoms with Gasteiger partial charge in [-0.2, -0.15) is 5.10 Å². The molecule has 5 heteroatoms. The number of carboxylic acid groups (broad SMARTS) is 1. The van der Waals surface area contributed by atoms with E-state index in [2.05, 4.69) is 25.9 Å². The summed E-state index contributed by atoms with van der Waals surface area (Å²) in [6.45, 7) is 6.28. The Bertz CT molecular complexity index is 597. The molecule has 0 unspecified atom stereocenters. The van der Waals surface area contributed by atoms with E-state index in [4.69, 9.17) is 0 Å². The van der Waals surface area contributed by atoms with Crippen LogP contribution in [-0.4, -0.2) is 20.9 Å². The lowest BCUT2D eigenvalue weighted by Gasteiger charge is -2.12. The largest absolute Gasteiger partial charge is 0.478 e. The van der Waals surface area contributed by atoms with Gasteiger partial charge in [-0.1, -0.05) is 20.8 Å². The molecule has 0 saturated heterocycles. The molecule has 0 aromatic carbocycles. The lowest BCUT2D eigenvalue weighted by atomic mass is 10.2. The van der Waals surface area contributed by atoms with Crippen molar-refractivity contribution in [2.75, 3.05) is 0 Å². The van der Waals surface area contributed by atoms with Gasteiger partial charge in [0.1, 0.15) is 11.3 Å². The minimum absolute atomic E-state index is 0.257. The molecule has 2 aromatic heterocycles. The van der Waals surface area contributed by atoms with Crippen LogP contribution >= 0.6 is 11.3 Å². The molecule has 0 bridgehead atoms. The van der Waals surface area contributed by atoms with Gasteiger partial charge in [0, 0.05) is 11.1 Å². The fourth-order valence-corrected chi connectivity index (χ4v) is 3.22. The third-order valence-electron chi connectivity index (χ3n) is 3.52. The van der Waals surface area contributed by atoms with Crippen LogP contribution in [0.5, 0.6) is 0 Å². The summed E-state index contributed by atoms with van der Waals surface area (Å²) >= 11 is 1.62. The van der Waals surface area contributed by atoms with Crippen molar-refractivity contribution in [2.45, 2.75) is 46.1 Å². The van der Waals surface area contributed by atoms with Crippen LogP contribution in [-0.2, 0) is 6.42 Å². The van der Waals surface area contributed by atoms with Crippen molar-refractivity contribution in [3.8, 4) is 10.6 Å². The van der Waals surface area contributed by atoms with Crippen molar-refractivity contribution in [2.24, 2.45) is 0 Å². The zero-order chi connectivity index (χ0) is 14.7. The van der Waals surface area contributed by atoms with Gasteiger partial charge in [0.2, 0.25) is 0 Å². The normalized spacial score (nSPS) is 11.2. The van der Waals surface area contributed by atoms with Crippen LogP contribution < -0.4 is 0 Å². The lowest BCUT2D eigenvalue weighted by Crippen LogP contribution is -2.07. The molecule has 2 aromatic rings. The zero-order valence-electron chi connectivity index (χ0n) is 12.1. The second-order valence-electron chi connectivity index (χ2n) is 4.77. The average Bonchev–Trinajstić information content (AvgIpc) is 3.06. The molecular weight excluding hydrogens is 272 g/mol. The Morgan fingerprint density at radius 1 is 1.35 bits per heavy atom. The number of hydrogen-bond donors (Lipinski definition) is 1. The minimum Gasteiger partial charge on any atom is -0.478 e. The van der Waals surface area contributed by atoms with E-state index in [1.165, 1.54) is 4.88 Å². The lowest BCUT2D eigenvalue weighted by molar-refractivity contribution is 0.0697. The number of nitrogens with zero attached hydrogens (tertiary/aromatic N) is 2. The van der Waals surface area contributed by atoms with Gasteiger partial charge >= 0.3 is 5.97 Å². The fourth-order valence-electron chi connectivity index (χ4n) is 2.28. The van der Waals surface area contributed by atoms with Gasteiger partial charge in [-0.15, -0.1) is 11.3 Å². The maximum absolute atomic E-state index is 11.4. The Balaban J connectivity index is 2.47. The zero-order valence-corrected chi connectivity index (χ0v) is 12.9. The molecule has 0 radical (unpaired) electrons. The van der Waals surface area contributed by atoms with Gasteiger partial charge in [-0.05, 0) is 31.4 Å². The van der Waals surface area contributed by atoms with Crippen molar-refractivity contribution in [3.05, 3.63) is 28.8 Å². The predicted octanol–water partition coefficient (Wildman–Crippen LogP) is 4.23. The minimum atomic E-state index is -0.913. The molecule has 20 heavy (non-hydrogen) atoms. The monoisotopic (exact) mass is 292 g/mol. The summed E-state index contributed by atoms with van der Waals surface area (Å²) in [5.74, 6) is -0.913. The summed E-state index contributed by atoms with van der Waals surface area (Å²) in [5.41, 5.74) is 0.885. The number of thiophene rings is 1. The molecule has 0 aliphatic rings. The molecule has 0 aliphatic heterocycles. The maximum atomic E-state index is 11.4. The smallest absolute Gasteiger partial charge is 0.339 e. The molecule has 0 atom stereocenters. The number of rotatable bonds is 6. The highest BCUT2D eigenvalue weighted by Crippen LogP contribution is 2.31. The SMILES string of the molecule is CCc1ccc(-c2nn(C(CC)CC)cc2C(=O)O)s1. The Labute approximate surface area is 123 Å². The van der Waals surface area contributed by atoms with Crippen LogP contribution in [0.1, 0.15) is 54.9 Å². The summed E-state index contributed by atoms with van der Waals surface area (Å²) in [5, 5.41) is 13.9. The third kappa shape index (κ3) is 2.77. The molecule has 0 fully saturated rings. The van der Waals surface area contributed by atoms with Crippen LogP contribution in [0, 0.1) is 0 Å². The van der Waals surface area contributed by atoms with Crippen LogP contribution in [0.4, 0.5) is 0 Å². The summed E-state index contributed by atoms with van der Waals surface area (Å²) in [6, 6.07) is 4.27. The van der Waals surface area contributed by atoms with Gasteiger partial charge in [0.25, 0.3) is 0 Å². The Hall–Kier alpha value is -1.62. The van der Waals surface area contributed by atoms with E-state index in [9.17, 15) is 9.90 Å². The number of carbonyl (C=O) groups is 1. The summed E-state index contributed by atoms with van der Waals surface area (Å²) in [6.07, 6.45) is 4.52. The Morgan fingerprint density at radius 3 is 2.55 bits per heavy atom. The van der Waals surface area contributed by atoms with Crippen LogP contribution in [0.3, 0.4) is 0 Å². The molecule has 1 N–H and O–H groups in total. The first-order valence-corrected chi connectivity index (χ1v) is 7.83. The molecule has 0 amide bonds. The van der Waals surface area contributed by atoms with Crippen LogP contribution in [0.2, 0.25) is 0 Å². The number of aromatic carboxylic acids is 1. The number of aromatic nitrogens is 2. The standard InChI is InChI=1S/C15H20N2O2S/c1-4-10(5-2)17-9-12(15(18)19)14(16-17)13-8-7-11(6-3)20-13/h7-10H,4-6H2,1-3H3,(H,18,19). The van der Waals surface area contributed by atoms with Crippen molar-refractivity contribution < 1.29 is 9.90 Å². The molecule has 108 valence electrons. The topological polar surface area (TPSA) is 55.1 Å². The van der Waals surface area contributed by atoms with Crippen LogP contribution in [0.15, 0.2) is 18.3 Å². The van der Waals surface area contributed by atoms with Crippen molar-refractivity contribution in [1.29, 1.82) is 0 Å². The summed E-state index contributed by atoms with van der Waals surface area (Å²) in [7, 11) is 0. The van der Waals surface area contributed by atoms with Crippen molar-refractivity contribution in [3.63, 3.8) is 0 Å². The van der Waals surface area contributed by atoms with E-state index >= 15 is 0 Å². The highest BCUT2D eigenvalue weighted by molar-refractivity contribution is 7.15. The summed E-state index contributed by atoms with van der Waals surface area (Å²) in [4.78, 5) is 13.6. The highest BCUT2D eigenvalue weighted by atomic mass is 32.1. The second-order valence-corrected chi connectivity index (χ2v) is 5.93. The highest BCUT2D eigenvalue weighted by Gasteiger charge is 2.20. The molecule has 4 nitrogen and oxygen atoms in total. The van der Waals surface area contributed by atoms with Gasteiger partial charge < -0.3 is 5.11 Å². The second kappa shape index (κ2) is 6.22. The van der Waals surface area contributed by atoms with E-state index in [1.54, 1.807) is 17.5 Å². The third-order valence-corrected chi connectivity index (χ3v) is 4.76. The Kier molecular flexibility index (Phi) is 4.60. The van der Waals surface area contributed by atoms with E-state index in [1.807, 2.05) is 16.8 Å². The fraction of sp³-hybridized carbons (Fsp3) is 0.467. The average molecular weight is 292 g/mol. The van der Waals surface area contributed by atoms with E-state index in [0.29, 0.717) is 11.3 Å². The van der Waals surface area contributed by atoms with E-state index in [-0.39, 0.29) is 6.04 Å². The number of hydrogen-bond acceptors (Lipinski definition) is 3. The number of aryl methyl sites for hydroxylation is 1. The van der Waals surface area contributed by atoms with Crippen molar-refractivity contribution in [1.82, 2.24) is 9.78 Å². The number of carboxylic acids is 1. The van der Waals surface area contributed by atoms with E-state index < -0.39 is 5.97 Å². The predicted molar refractivity (Wildman–Crippen MR) is 81.5 cm³/mol. The first-order valence-electron chi connectivity index (χ1n) is 7.02. The quantitative estimate of drug-likeness (QED) is 0.866. The maximum Gasteiger partial charge on any atom is 0.339 e. The van der Waals surface area contributed by atoms with E-state index in [0.717, 1.165) is 24.1 Å². The molecule has 2 heterocycles. The van der Waals surface area contributed by atoms with Crippen molar-refractivity contribution >= 4 is 17.3 Å². The molecule has 0 saturated carbocycles. The molecule has 0 spiro atoms. The first kappa shape index (κ1) is 14.8.